The number of rotatable bonds is 3. The molecule has 0 aliphatic heterocycles. The molecule has 0 radical (unpaired) electrons. The lowest BCUT2D eigenvalue weighted by atomic mass is 9.83. The molecule has 6 heteroatoms. The zero-order valence-corrected chi connectivity index (χ0v) is 29.9. The van der Waals surface area contributed by atoms with Gasteiger partial charge in [0.25, 0.3) is 0 Å². The van der Waals surface area contributed by atoms with Crippen molar-refractivity contribution in [2.45, 2.75) is 26.2 Å². The van der Waals surface area contributed by atoms with E-state index in [1.165, 1.54) is 5.56 Å². The van der Waals surface area contributed by atoms with Crippen LogP contribution in [0.5, 0.6) is 5.75 Å². The van der Waals surface area contributed by atoms with Gasteiger partial charge in [-0.2, -0.15) is 0 Å². The van der Waals surface area contributed by atoms with E-state index in [4.69, 9.17) is 18.8 Å². The number of aromatic hydroxyl groups is 1. The lowest BCUT2D eigenvalue weighted by Crippen LogP contribution is -2.11. The Hall–Kier alpha value is -6.92. The van der Waals surface area contributed by atoms with Crippen LogP contribution in [0.25, 0.3) is 105 Å². The van der Waals surface area contributed by atoms with Crippen LogP contribution >= 0.6 is 0 Å². The summed E-state index contributed by atoms with van der Waals surface area (Å²) in [6, 6.07) is 45.8. The summed E-state index contributed by atoms with van der Waals surface area (Å²) in [4.78, 5) is 10.3. The van der Waals surface area contributed by atoms with Gasteiger partial charge < -0.3 is 13.9 Å². The van der Waals surface area contributed by atoms with Crippen molar-refractivity contribution in [3.8, 4) is 39.3 Å². The van der Waals surface area contributed by atoms with Gasteiger partial charge in [0.2, 0.25) is 0 Å². The molecule has 258 valence electrons. The fraction of sp³-hybridized carbons (Fsp3) is 0.0833. The van der Waals surface area contributed by atoms with Crippen LogP contribution in [0.3, 0.4) is 0 Å². The Kier molecular flexibility index (Phi) is 6.28. The highest BCUT2D eigenvalue weighted by Gasteiger charge is 2.26. The lowest BCUT2D eigenvalue weighted by Gasteiger charge is -2.22. The monoisotopic (exact) mass is 699 g/mol. The maximum Gasteiger partial charge on any atom is 0.177 e. The molecule has 6 aromatic carbocycles. The number of phenols is 1. The number of imidazole rings is 1. The third kappa shape index (κ3) is 4.40. The number of furan rings is 2. The molecular weight excluding hydrogens is 667 g/mol. The average molecular weight is 700 g/mol. The first-order valence-corrected chi connectivity index (χ1v) is 18.2. The molecule has 0 fully saturated rings. The van der Waals surface area contributed by atoms with Gasteiger partial charge >= 0.3 is 0 Å². The summed E-state index contributed by atoms with van der Waals surface area (Å²) < 4.78 is 15.1. The van der Waals surface area contributed by atoms with E-state index >= 15 is 0 Å². The standard InChI is InChI=1S/C48H33N3O3/c1-48(2,3)31-23-29(22-30(24-31)37-25-28(20-21-49-37)27-12-5-4-6-13-27)32-16-11-17-38-42(32)50-47-41-36(45-43(51(38)47)34-15-8-10-19-40(34)53-45)26-35-33-14-7-9-18-39(33)54-46(35)44(41)52/h4-26,52H,1-3H3. The molecule has 5 heterocycles. The molecule has 1 N–H and O–H groups in total. The summed E-state index contributed by atoms with van der Waals surface area (Å²) in [5, 5.41) is 16.3. The summed E-state index contributed by atoms with van der Waals surface area (Å²) in [7, 11) is 0. The second-order valence-electron chi connectivity index (χ2n) is 15.2. The van der Waals surface area contributed by atoms with E-state index in [0.717, 1.165) is 77.2 Å². The minimum absolute atomic E-state index is 0.0456. The smallest absolute Gasteiger partial charge is 0.177 e. The van der Waals surface area contributed by atoms with Crippen molar-refractivity contribution in [1.82, 2.24) is 14.4 Å². The van der Waals surface area contributed by atoms with Gasteiger partial charge in [-0.1, -0.05) is 99.6 Å². The third-order valence-corrected chi connectivity index (χ3v) is 10.9. The predicted molar refractivity (Wildman–Crippen MR) is 219 cm³/mol. The summed E-state index contributed by atoms with van der Waals surface area (Å²) in [6.45, 7) is 6.72. The number of nitrogens with zero attached hydrogens (tertiary/aromatic N) is 3. The topological polar surface area (TPSA) is 76.7 Å². The number of phenolic OH excluding ortho intramolecular Hbond substituents is 1. The van der Waals surface area contributed by atoms with Crippen LogP contribution in [0.1, 0.15) is 26.3 Å². The van der Waals surface area contributed by atoms with Gasteiger partial charge in [0.05, 0.1) is 22.1 Å². The highest BCUT2D eigenvalue weighted by molar-refractivity contribution is 6.25. The van der Waals surface area contributed by atoms with Crippen LogP contribution in [-0.2, 0) is 5.41 Å². The Morgan fingerprint density at radius 1 is 0.593 bits per heavy atom. The van der Waals surface area contributed by atoms with Crippen LogP contribution in [0.15, 0.2) is 148 Å². The fourth-order valence-corrected chi connectivity index (χ4v) is 8.17. The van der Waals surface area contributed by atoms with Crippen molar-refractivity contribution in [1.29, 1.82) is 0 Å². The Bertz CT molecular complexity index is 3320. The molecule has 0 saturated heterocycles. The molecular formula is C48H33N3O3. The van der Waals surface area contributed by atoms with E-state index in [2.05, 4.69) is 110 Å². The zero-order chi connectivity index (χ0) is 36.3. The maximum atomic E-state index is 12.2. The van der Waals surface area contributed by atoms with Gasteiger partial charge in [-0.15, -0.1) is 0 Å². The number of hydrogen-bond donors (Lipinski definition) is 1. The van der Waals surface area contributed by atoms with E-state index in [1.54, 1.807) is 0 Å². The van der Waals surface area contributed by atoms with Gasteiger partial charge in [-0.3, -0.25) is 9.38 Å². The molecule has 11 rings (SSSR count). The van der Waals surface area contributed by atoms with Gasteiger partial charge in [0.1, 0.15) is 16.7 Å². The normalized spacial score (nSPS) is 12.4. The van der Waals surface area contributed by atoms with Crippen LogP contribution in [0.4, 0.5) is 0 Å². The summed E-state index contributed by atoms with van der Waals surface area (Å²) in [5.74, 6) is 0.0456. The van der Waals surface area contributed by atoms with E-state index in [-0.39, 0.29) is 11.2 Å². The lowest BCUT2D eigenvalue weighted by molar-refractivity contribution is 0.475. The Morgan fingerprint density at radius 3 is 2.13 bits per heavy atom. The maximum absolute atomic E-state index is 12.2. The molecule has 0 aliphatic rings. The molecule has 0 unspecified atom stereocenters. The fourth-order valence-electron chi connectivity index (χ4n) is 8.17. The first kappa shape index (κ1) is 30.7. The first-order chi connectivity index (χ1) is 26.3. The number of aromatic nitrogens is 3. The van der Waals surface area contributed by atoms with Crippen LogP contribution < -0.4 is 0 Å². The molecule has 54 heavy (non-hydrogen) atoms. The van der Waals surface area contributed by atoms with E-state index in [1.807, 2.05) is 54.7 Å². The number of pyridine rings is 2. The van der Waals surface area contributed by atoms with E-state index in [0.29, 0.717) is 27.8 Å². The first-order valence-electron chi connectivity index (χ1n) is 18.2. The molecule has 0 spiro atoms. The molecule has 6 nitrogen and oxygen atoms in total. The van der Waals surface area contributed by atoms with Crippen molar-refractivity contribution >= 4 is 71.5 Å². The van der Waals surface area contributed by atoms with Crippen molar-refractivity contribution in [3.05, 3.63) is 145 Å². The second-order valence-corrected chi connectivity index (χ2v) is 15.2. The average Bonchev–Trinajstić information content (AvgIpc) is 3.90. The largest absolute Gasteiger partial charge is 0.504 e. The molecule has 11 aromatic rings. The molecule has 5 aromatic heterocycles. The van der Waals surface area contributed by atoms with Gasteiger partial charge in [-0.05, 0) is 82.3 Å². The van der Waals surface area contributed by atoms with E-state index < -0.39 is 0 Å². The second kappa shape index (κ2) is 11.0. The van der Waals surface area contributed by atoms with E-state index in [9.17, 15) is 5.11 Å². The Labute approximate surface area is 309 Å². The third-order valence-electron chi connectivity index (χ3n) is 10.9. The molecule has 0 aliphatic carbocycles. The quantitative estimate of drug-likeness (QED) is 0.199. The minimum atomic E-state index is -0.129. The number of para-hydroxylation sites is 3. The summed E-state index contributed by atoms with van der Waals surface area (Å²) >= 11 is 0. The van der Waals surface area contributed by atoms with Crippen LogP contribution in [0, 0.1) is 0 Å². The van der Waals surface area contributed by atoms with Crippen molar-refractivity contribution in [3.63, 3.8) is 0 Å². The Balaban J connectivity index is 1.23. The van der Waals surface area contributed by atoms with Crippen molar-refractivity contribution < 1.29 is 13.9 Å². The summed E-state index contributed by atoms with van der Waals surface area (Å²) in [6.07, 6.45) is 1.89. The number of fused-ring (bicyclic) bond motifs is 13. The van der Waals surface area contributed by atoms with Crippen LogP contribution in [-0.4, -0.2) is 19.5 Å². The van der Waals surface area contributed by atoms with Gasteiger partial charge in [0.15, 0.2) is 22.6 Å². The number of hydrogen-bond acceptors (Lipinski definition) is 5. The number of benzene rings is 6. The molecule has 0 amide bonds. The highest BCUT2D eigenvalue weighted by atomic mass is 16.4. The van der Waals surface area contributed by atoms with Gasteiger partial charge in [0, 0.05) is 38.9 Å². The molecule has 0 atom stereocenters. The molecule has 0 saturated carbocycles. The van der Waals surface area contributed by atoms with Crippen LogP contribution in [0.2, 0.25) is 0 Å². The van der Waals surface area contributed by atoms with Crippen molar-refractivity contribution in [2.24, 2.45) is 0 Å². The predicted octanol–water partition coefficient (Wildman–Crippen LogP) is 12.8. The summed E-state index contributed by atoms with van der Waals surface area (Å²) in [5.41, 5.74) is 13.2. The van der Waals surface area contributed by atoms with Gasteiger partial charge in [-0.25, -0.2) is 4.98 Å². The Morgan fingerprint density at radius 2 is 1.31 bits per heavy atom. The van der Waals surface area contributed by atoms with Crippen molar-refractivity contribution in [2.75, 3.05) is 0 Å². The zero-order valence-electron chi connectivity index (χ0n) is 29.9. The molecule has 0 bridgehead atoms. The highest BCUT2D eigenvalue weighted by Crippen LogP contribution is 2.47. The minimum Gasteiger partial charge on any atom is -0.504 e. The SMILES string of the molecule is CC(C)(C)c1cc(-c2cc(-c3ccccc3)ccn2)cc(-c2cccc3c2nc2c4c(O)c5oc6ccccc6c5cc4c4oc5ccccc5c4n32)c1.